The summed E-state index contributed by atoms with van der Waals surface area (Å²) in [6, 6.07) is 0. The molecule has 0 fully saturated rings. The zero-order valence-corrected chi connectivity index (χ0v) is 12.2. The molecule has 0 aromatic carbocycles. The molecule has 0 bridgehead atoms. The van der Waals surface area contributed by atoms with E-state index in [4.69, 9.17) is 5.11 Å². The molecule has 0 aliphatic heterocycles. The van der Waals surface area contributed by atoms with Crippen LogP contribution in [-0.4, -0.2) is 41.4 Å². The van der Waals surface area contributed by atoms with Gasteiger partial charge in [0.1, 0.15) is 11.3 Å². The van der Waals surface area contributed by atoms with Gasteiger partial charge in [0.2, 0.25) is 5.91 Å². The minimum atomic E-state index is -3.61. The van der Waals surface area contributed by atoms with Crippen molar-refractivity contribution >= 4 is 21.7 Å². The highest BCUT2D eigenvalue weighted by Crippen LogP contribution is 2.16. The molecule has 0 aliphatic rings. The first-order chi connectivity index (χ1) is 7.85. The Hall–Kier alpha value is -1.11. The third-order valence-corrected chi connectivity index (χ3v) is 5.36. The molecule has 1 amide bonds. The van der Waals surface area contributed by atoms with Gasteiger partial charge in [0.15, 0.2) is 9.84 Å². The van der Waals surface area contributed by atoms with E-state index in [0.717, 1.165) is 0 Å². The van der Waals surface area contributed by atoms with Gasteiger partial charge in [-0.3, -0.25) is 4.79 Å². The first-order valence-electron chi connectivity index (χ1n) is 5.62. The molecule has 106 valence electrons. The van der Waals surface area contributed by atoms with Crippen LogP contribution in [0.5, 0.6) is 0 Å². The molecule has 0 spiro atoms. The van der Waals surface area contributed by atoms with Crippen molar-refractivity contribution in [2.45, 2.75) is 51.3 Å². The smallest absolute Gasteiger partial charge is 0.329 e. The fourth-order valence-electron chi connectivity index (χ4n) is 1.03. The predicted octanol–water partition coefficient (Wildman–Crippen LogP) is 0.569. The van der Waals surface area contributed by atoms with Crippen molar-refractivity contribution in [3.63, 3.8) is 0 Å². The lowest BCUT2D eigenvalue weighted by Gasteiger charge is -2.26. The molecule has 0 heterocycles. The number of amides is 1. The van der Waals surface area contributed by atoms with Crippen LogP contribution >= 0.6 is 0 Å². The molecule has 0 aromatic rings. The Bertz CT molecular complexity index is 435. The molecule has 1 unspecified atom stereocenters. The summed E-state index contributed by atoms with van der Waals surface area (Å²) in [7, 11) is -3.61. The molecule has 0 rings (SSSR count). The monoisotopic (exact) mass is 279 g/mol. The largest absolute Gasteiger partial charge is 0.480 e. The van der Waals surface area contributed by atoms with Crippen LogP contribution in [-0.2, 0) is 19.4 Å². The van der Waals surface area contributed by atoms with Crippen LogP contribution in [0.3, 0.4) is 0 Å². The van der Waals surface area contributed by atoms with E-state index in [2.05, 4.69) is 5.32 Å². The third kappa shape index (κ3) is 3.97. The molecule has 0 aliphatic carbocycles. The Labute approximate surface area is 108 Å². The van der Waals surface area contributed by atoms with Gasteiger partial charge in [0, 0.05) is 0 Å². The number of rotatable bonds is 5. The highest BCUT2D eigenvalue weighted by Gasteiger charge is 2.36. The normalized spacial score (nSPS) is 15.8. The zero-order valence-electron chi connectivity index (χ0n) is 11.4. The van der Waals surface area contributed by atoms with Crippen LogP contribution in [0.1, 0.15) is 41.0 Å². The van der Waals surface area contributed by atoms with Crippen molar-refractivity contribution < 1.29 is 23.1 Å². The van der Waals surface area contributed by atoms with Crippen LogP contribution in [0.15, 0.2) is 0 Å². The van der Waals surface area contributed by atoms with Crippen LogP contribution in [0, 0.1) is 0 Å². The van der Waals surface area contributed by atoms with Gasteiger partial charge in [-0.15, -0.1) is 0 Å². The molecule has 7 heteroatoms. The van der Waals surface area contributed by atoms with E-state index < -0.39 is 37.8 Å². The number of sulfone groups is 1. The average Bonchev–Trinajstić information content (AvgIpc) is 2.14. The lowest BCUT2D eigenvalue weighted by Crippen LogP contribution is -2.53. The molecular weight excluding hydrogens is 258 g/mol. The molecule has 0 aromatic heterocycles. The van der Waals surface area contributed by atoms with Crippen molar-refractivity contribution in [1.82, 2.24) is 5.32 Å². The summed E-state index contributed by atoms with van der Waals surface area (Å²) in [5.41, 5.74) is -1.44. The van der Waals surface area contributed by atoms with E-state index in [0.29, 0.717) is 0 Å². The van der Waals surface area contributed by atoms with Gasteiger partial charge in [0.05, 0.1) is 4.75 Å². The van der Waals surface area contributed by atoms with Crippen molar-refractivity contribution in [2.24, 2.45) is 0 Å². The second kappa shape index (κ2) is 5.26. The van der Waals surface area contributed by atoms with Gasteiger partial charge < -0.3 is 10.4 Å². The van der Waals surface area contributed by atoms with E-state index in [1.165, 1.54) is 27.7 Å². The van der Waals surface area contributed by atoms with Crippen molar-refractivity contribution in [3.8, 4) is 0 Å². The molecule has 18 heavy (non-hydrogen) atoms. The van der Waals surface area contributed by atoms with Gasteiger partial charge in [-0.25, -0.2) is 13.2 Å². The van der Waals surface area contributed by atoms with Crippen LogP contribution in [0.4, 0.5) is 0 Å². The Kier molecular flexibility index (Phi) is 4.93. The first kappa shape index (κ1) is 16.9. The minimum absolute atomic E-state index is 0.170. The highest BCUT2D eigenvalue weighted by molar-refractivity contribution is 7.93. The number of carboxylic acid groups (broad SMARTS) is 1. The van der Waals surface area contributed by atoms with Gasteiger partial charge in [-0.1, -0.05) is 6.92 Å². The Morgan fingerprint density at radius 2 is 1.61 bits per heavy atom. The molecular formula is C11H21NO5S. The maximum atomic E-state index is 11.8. The van der Waals surface area contributed by atoms with E-state index in [-0.39, 0.29) is 6.42 Å². The lowest BCUT2D eigenvalue weighted by molar-refractivity contribution is -0.146. The second-order valence-corrected chi connectivity index (χ2v) is 8.15. The maximum Gasteiger partial charge on any atom is 0.329 e. The number of hydrogen-bond acceptors (Lipinski definition) is 4. The fraction of sp³-hybridized carbons (Fsp3) is 0.818. The van der Waals surface area contributed by atoms with E-state index >= 15 is 0 Å². The van der Waals surface area contributed by atoms with Crippen LogP contribution in [0.2, 0.25) is 0 Å². The van der Waals surface area contributed by atoms with Crippen molar-refractivity contribution in [2.75, 3.05) is 5.75 Å². The fourth-order valence-corrected chi connectivity index (χ4v) is 1.88. The van der Waals surface area contributed by atoms with Crippen molar-refractivity contribution in [1.29, 1.82) is 0 Å². The Morgan fingerprint density at radius 3 is 1.89 bits per heavy atom. The molecule has 2 N–H and O–H groups in total. The summed E-state index contributed by atoms with van der Waals surface area (Å²) in [6.45, 7) is 7.42. The summed E-state index contributed by atoms with van der Waals surface area (Å²) in [4.78, 5) is 22.6. The average molecular weight is 279 g/mol. The topological polar surface area (TPSA) is 101 Å². The molecule has 1 atom stereocenters. The lowest BCUT2D eigenvalue weighted by atomic mass is 9.99. The predicted molar refractivity (Wildman–Crippen MR) is 68.0 cm³/mol. The minimum Gasteiger partial charge on any atom is -0.480 e. The van der Waals surface area contributed by atoms with Crippen molar-refractivity contribution in [3.05, 3.63) is 0 Å². The summed E-state index contributed by atoms with van der Waals surface area (Å²) in [6.07, 6.45) is 0.170. The molecule has 0 radical (unpaired) electrons. The van der Waals surface area contributed by atoms with Crippen LogP contribution < -0.4 is 5.32 Å². The van der Waals surface area contributed by atoms with Gasteiger partial charge in [0.25, 0.3) is 0 Å². The number of carbonyl (C=O) groups is 2. The quantitative estimate of drug-likeness (QED) is 0.766. The first-order valence-corrected chi connectivity index (χ1v) is 7.27. The number of nitrogens with one attached hydrogen (secondary N) is 1. The SMILES string of the molecule is CCC(C)(NC(=O)CS(=O)(=O)C(C)(C)C)C(=O)O. The highest BCUT2D eigenvalue weighted by atomic mass is 32.2. The summed E-state index contributed by atoms with van der Waals surface area (Å²) < 4.78 is 22.6. The van der Waals surface area contributed by atoms with E-state index in [1.54, 1.807) is 6.92 Å². The van der Waals surface area contributed by atoms with Gasteiger partial charge in [-0.2, -0.15) is 0 Å². The zero-order chi connectivity index (χ0) is 14.8. The second-order valence-electron chi connectivity index (χ2n) is 5.41. The van der Waals surface area contributed by atoms with Gasteiger partial charge in [-0.05, 0) is 34.1 Å². The van der Waals surface area contributed by atoms with E-state index in [1.807, 2.05) is 0 Å². The number of aliphatic carboxylic acids is 1. The maximum absolute atomic E-state index is 11.8. The summed E-state index contributed by atoms with van der Waals surface area (Å²) >= 11 is 0. The number of carboxylic acids is 1. The number of hydrogen-bond donors (Lipinski definition) is 2. The Morgan fingerprint density at radius 1 is 1.17 bits per heavy atom. The van der Waals surface area contributed by atoms with Crippen LogP contribution in [0.25, 0.3) is 0 Å². The molecule has 6 nitrogen and oxygen atoms in total. The third-order valence-electron chi connectivity index (χ3n) is 2.85. The molecule has 0 saturated heterocycles. The standard InChI is InChI=1S/C11H21NO5S/c1-6-11(5,9(14)15)12-8(13)7-18(16,17)10(2,3)4/h6-7H2,1-5H3,(H,12,13)(H,14,15). The van der Waals surface area contributed by atoms with E-state index in [9.17, 15) is 18.0 Å². The summed E-state index contributed by atoms with van der Waals surface area (Å²) in [5, 5.41) is 11.2. The van der Waals surface area contributed by atoms with Gasteiger partial charge >= 0.3 is 5.97 Å². The molecule has 0 saturated carbocycles. The summed E-state index contributed by atoms with van der Waals surface area (Å²) in [5.74, 6) is -2.69. The Balaban J connectivity index is 4.89. The number of carbonyl (C=O) groups excluding carboxylic acids is 1.